The lowest BCUT2D eigenvalue weighted by Crippen LogP contribution is -2.44. The maximum absolute atomic E-state index is 12.5. The Morgan fingerprint density at radius 3 is 2.76 bits per heavy atom. The van der Waals surface area contributed by atoms with Crippen molar-refractivity contribution in [1.29, 1.82) is 0 Å². The number of hydrogen-bond donors (Lipinski definition) is 2. The van der Waals surface area contributed by atoms with E-state index in [9.17, 15) is 4.79 Å². The molecule has 0 radical (unpaired) electrons. The predicted molar refractivity (Wildman–Crippen MR) is 104 cm³/mol. The summed E-state index contributed by atoms with van der Waals surface area (Å²) in [4.78, 5) is 12.5. The highest BCUT2D eigenvalue weighted by Crippen LogP contribution is 2.28. The van der Waals surface area contributed by atoms with Gasteiger partial charge in [0.1, 0.15) is 5.75 Å². The molecule has 1 heterocycles. The van der Waals surface area contributed by atoms with Gasteiger partial charge >= 0.3 is 0 Å². The Hall–Kier alpha value is -1.85. The number of benzene rings is 2. The van der Waals surface area contributed by atoms with Crippen molar-refractivity contribution in [2.75, 3.05) is 11.9 Å². The smallest absolute Gasteiger partial charge is 0.255 e. The summed E-state index contributed by atoms with van der Waals surface area (Å²) < 4.78 is 6.26. The third-order valence-electron chi connectivity index (χ3n) is 4.35. The van der Waals surface area contributed by atoms with Gasteiger partial charge in [0.15, 0.2) is 0 Å². The fourth-order valence-corrected chi connectivity index (χ4v) is 3.52. The zero-order valence-corrected chi connectivity index (χ0v) is 16.4. The van der Waals surface area contributed by atoms with Crippen molar-refractivity contribution < 1.29 is 9.53 Å². The van der Waals surface area contributed by atoms with Crippen molar-refractivity contribution in [3.63, 3.8) is 0 Å². The molecular formula is C20H23BrN2O2. The molecular weight excluding hydrogens is 380 g/mol. The van der Waals surface area contributed by atoms with Crippen LogP contribution in [0.4, 0.5) is 5.69 Å². The van der Waals surface area contributed by atoms with E-state index in [2.05, 4.69) is 52.5 Å². The van der Waals surface area contributed by atoms with Crippen molar-refractivity contribution in [2.45, 2.75) is 39.3 Å². The summed E-state index contributed by atoms with van der Waals surface area (Å²) in [5, 5.41) is 6.50. The molecule has 5 heteroatoms. The van der Waals surface area contributed by atoms with Gasteiger partial charge in [0, 0.05) is 23.3 Å². The summed E-state index contributed by atoms with van der Waals surface area (Å²) in [5.74, 6) is 0.606. The first-order chi connectivity index (χ1) is 11.9. The molecule has 0 aliphatic carbocycles. The molecule has 0 saturated heterocycles. The Bertz CT molecular complexity index is 802. The summed E-state index contributed by atoms with van der Waals surface area (Å²) in [5.41, 5.74) is 4.10. The standard InChI is InChI=1S/C20H23BrN2O2/c1-4-25-18-8-6-13(10-17(18)21)19(24)23-16-7-5-14-11-20(2,3)22-12-15(14)9-16/h5-10,22H,4,11-12H2,1-3H3,(H,23,24). The molecule has 2 N–H and O–H groups in total. The average Bonchev–Trinajstić information content (AvgIpc) is 2.56. The molecule has 1 aliphatic rings. The fourth-order valence-electron chi connectivity index (χ4n) is 3.03. The van der Waals surface area contributed by atoms with Gasteiger partial charge in [-0.15, -0.1) is 0 Å². The van der Waals surface area contributed by atoms with E-state index in [0.717, 1.165) is 28.9 Å². The number of nitrogens with one attached hydrogen (secondary N) is 2. The molecule has 132 valence electrons. The van der Waals surface area contributed by atoms with Crippen LogP contribution in [0, 0.1) is 0 Å². The van der Waals surface area contributed by atoms with Crippen LogP contribution >= 0.6 is 15.9 Å². The molecule has 1 amide bonds. The van der Waals surface area contributed by atoms with Gasteiger partial charge in [0.25, 0.3) is 5.91 Å². The Morgan fingerprint density at radius 2 is 2.04 bits per heavy atom. The van der Waals surface area contributed by atoms with Gasteiger partial charge in [-0.25, -0.2) is 0 Å². The van der Waals surface area contributed by atoms with Gasteiger partial charge in [-0.3, -0.25) is 4.79 Å². The summed E-state index contributed by atoms with van der Waals surface area (Å²) in [7, 11) is 0. The maximum Gasteiger partial charge on any atom is 0.255 e. The number of fused-ring (bicyclic) bond motifs is 1. The van der Waals surface area contributed by atoms with E-state index >= 15 is 0 Å². The van der Waals surface area contributed by atoms with Gasteiger partial charge < -0.3 is 15.4 Å². The molecule has 3 rings (SSSR count). The van der Waals surface area contributed by atoms with Crippen LogP contribution in [0.2, 0.25) is 0 Å². The zero-order valence-electron chi connectivity index (χ0n) is 14.8. The van der Waals surface area contributed by atoms with Crippen molar-refractivity contribution >= 4 is 27.5 Å². The molecule has 0 aromatic heterocycles. The Kier molecular flexibility index (Phi) is 5.16. The Labute approximate surface area is 157 Å². The lowest BCUT2D eigenvalue weighted by Gasteiger charge is -2.33. The molecule has 0 unspecified atom stereocenters. The lowest BCUT2D eigenvalue weighted by molar-refractivity contribution is 0.102. The monoisotopic (exact) mass is 402 g/mol. The number of carbonyl (C=O) groups is 1. The number of amides is 1. The number of ether oxygens (including phenoxy) is 1. The van der Waals surface area contributed by atoms with Gasteiger partial charge in [0.05, 0.1) is 11.1 Å². The largest absolute Gasteiger partial charge is 0.493 e. The van der Waals surface area contributed by atoms with Crippen LogP contribution in [0.15, 0.2) is 40.9 Å². The minimum Gasteiger partial charge on any atom is -0.493 e. The van der Waals surface area contributed by atoms with Crippen molar-refractivity contribution in [1.82, 2.24) is 5.32 Å². The van der Waals surface area contributed by atoms with E-state index < -0.39 is 0 Å². The molecule has 0 saturated carbocycles. The highest BCUT2D eigenvalue weighted by Gasteiger charge is 2.24. The quantitative estimate of drug-likeness (QED) is 0.789. The zero-order chi connectivity index (χ0) is 18.0. The van der Waals surface area contributed by atoms with Gasteiger partial charge in [-0.2, -0.15) is 0 Å². The topological polar surface area (TPSA) is 50.4 Å². The molecule has 4 nitrogen and oxygen atoms in total. The predicted octanol–water partition coefficient (Wildman–Crippen LogP) is 4.52. The van der Waals surface area contributed by atoms with Crippen LogP contribution in [0.3, 0.4) is 0 Å². The number of halogens is 1. The number of carbonyl (C=O) groups excluding carboxylic acids is 1. The first-order valence-electron chi connectivity index (χ1n) is 8.48. The second kappa shape index (κ2) is 7.18. The molecule has 1 aliphatic heterocycles. The van der Waals surface area contributed by atoms with E-state index in [0.29, 0.717) is 12.2 Å². The highest BCUT2D eigenvalue weighted by molar-refractivity contribution is 9.10. The summed E-state index contributed by atoms with van der Waals surface area (Å²) in [6.07, 6.45) is 0.988. The minimum atomic E-state index is -0.132. The van der Waals surface area contributed by atoms with Gasteiger partial charge in [-0.05, 0) is 84.6 Å². The first-order valence-corrected chi connectivity index (χ1v) is 9.28. The summed E-state index contributed by atoms with van der Waals surface area (Å²) >= 11 is 3.45. The fraction of sp³-hybridized carbons (Fsp3) is 0.350. The van der Waals surface area contributed by atoms with E-state index in [1.165, 1.54) is 11.1 Å². The van der Waals surface area contributed by atoms with E-state index in [4.69, 9.17) is 4.74 Å². The average molecular weight is 403 g/mol. The lowest BCUT2D eigenvalue weighted by atomic mass is 9.87. The molecule has 0 fully saturated rings. The number of anilines is 1. The Balaban J connectivity index is 1.74. The molecule has 2 aromatic carbocycles. The highest BCUT2D eigenvalue weighted by atomic mass is 79.9. The molecule has 0 spiro atoms. The SMILES string of the molecule is CCOc1ccc(C(=O)Nc2ccc3c(c2)CNC(C)(C)C3)cc1Br. The Morgan fingerprint density at radius 1 is 1.24 bits per heavy atom. The van der Waals surface area contributed by atoms with Crippen LogP contribution < -0.4 is 15.4 Å². The summed E-state index contributed by atoms with van der Waals surface area (Å²) in [6.45, 7) is 7.74. The second-order valence-electron chi connectivity index (χ2n) is 6.93. The number of hydrogen-bond acceptors (Lipinski definition) is 3. The number of rotatable bonds is 4. The van der Waals surface area contributed by atoms with Crippen LogP contribution in [0.1, 0.15) is 42.3 Å². The van der Waals surface area contributed by atoms with Gasteiger partial charge in [0.2, 0.25) is 0 Å². The van der Waals surface area contributed by atoms with Crippen molar-refractivity contribution in [3.8, 4) is 5.75 Å². The van der Waals surface area contributed by atoms with Crippen LogP contribution in [0.25, 0.3) is 0 Å². The summed E-state index contributed by atoms with van der Waals surface area (Å²) in [6, 6.07) is 11.5. The molecule has 0 atom stereocenters. The first kappa shape index (κ1) is 18.0. The van der Waals surface area contributed by atoms with E-state index in [1.54, 1.807) is 18.2 Å². The van der Waals surface area contributed by atoms with Crippen LogP contribution in [0.5, 0.6) is 5.75 Å². The third kappa shape index (κ3) is 4.22. The van der Waals surface area contributed by atoms with E-state index in [-0.39, 0.29) is 11.4 Å². The minimum absolute atomic E-state index is 0.117. The van der Waals surface area contributed by atoms with Crippen molar-refractivity contribution in [2.24, 2.45) is 0 Å². The third-order valence-corrected chi connectivity index (χ3v) is 4.97. The normalized spacial score (nSPS) is 15.4. The van der Waals surface area contributed by atoms with E-state index in [1.807, 2.05) is 13.0 Å². The van der Waals surface area contributed by atoms with Gasteiger partial charge in [-0.1, -0.05) is 6.07 Å². The molecule has 25 heavy (non-hydrogen) atoms. The maximum atomic E-state index is 12.5. The van der Waals surface area contributed by atoms with Crippen molar-refractivity contribution in [3.05, 3.63) is 57.6 Å². The van der Waals surface area contributed by atoms with Crippen LogP contribution in [-0.2, 0) is 13.0 Å². The molecule has 2 aromatic rings. The second-order valence-corrected chi connectivity index (χ2v) is 7.78. The molecule has 0 bridgehead atoms. The van der Waals surface area contributed by atoms with Crippen LogP contribution in [-0.4, -0.2) is 18.1 Å².